The first-order valence-electron chi connectivity index (χ1n) is 6.68. The Labute approximate surface area is 122 Å². The van der Waals surface area contributed by atoms with Crippen molar-refractivity contribution in [2.24, 2.45) is 7.05 Å². The lowest BCUT2D eigenvalue weighted by Gasteiger charge is -2.15. The molecule has 1 heterocycles. The molecule has 1 unspecified atom stereocenters. The molecule has 0 amide bonds. The zero-order valence-electron chi connectivity index (χ0n) is 12.6. The summed E-state index contributed by atoms with van der Waals surface area (Å²) in [5.41, 5.74) is 2.21. The Morgan fingerprint density at radius 3 is 2.71 bits per heavy atom. The van der Waals surface area contributed by atoms with Crippen molar-refractivity contribution in [3.63, 3.8) is 0 Å². The Morgan fingerprint density at radius 1 is 1.38 bits per heavy atom. The van der Waals surface area contributed by atoms with Crippen LogP contribution in [0.3, 0.4) is 0 Å². The predicted octanol–water partition coefficient (Wildman–Crippen LogP) is 2.87. The SMILES string of the molecule is COc1c(CNC(C)c2ccc(F)cc2F)c(C)nn1C. The molecule has 0 spiro atoms. The van der Waals surface area contributed by atoms with Gasteiger partial charge in [-0.25, -0.2) is 13.5 Å². The van der Waals surface area contributed by atoms with E-state index in [0.29, 0.717) is 18.0 Å². The topological polar surface area (TPSA) is 39.1 Å². The quantitative estimate of drug-likeness (QED) is 0.922. The molecule has 0 saturated heterocycles. The van der Waals surface area contributed by atoms with Gasteiger partial charge < -0.3 is 10.1 Å². The maximum atomic E-state index is 13.7. The smallest absolute Gasteiger partial charge is 0.216 e. The van der Waals surface area contributed by atoms with Gasteiger partial charge in [0.2, 0.25) is 5.88 Å². The first kappa shape index (κ1) is 15.4. The number of hydrogen-bond donors (Lipinski definition) is 1. The van der Waals surface area contributed by atoms with Gasteiger partial charge in [-0.05, 0) is 19.9 Å². The summed E-state index contributed by atoms with van der Waals surface area (Å²) in [5.74, 6) is -0.454. The lowest BCUT2D eigenvalue weighted by atomic mass is 10.1. The van der Waals surface area contributed by atoms with E-state index < -0.39 is 11.6 Å². The van der Waals surface area contributed by atoms with Gasteiger partial charge in [0.15, 0.2) is 0 Å². The molecular formula is C15H19F2N3O. The second-order valence-corrected chi connectivity index (χ2v) is 4.97. The van der Waals surface area contributed by atoms with Crippen molar-refractivity contribution in [2.75, 3.05) is 7.11 Å². The number of benzene rings is 1. The van der Waals surface area contributed by atoms with Crippen molar-refractivity contribution in [1.29, 1.82) is 0 Å². The summed E-state index contributed by atoms with van der Waals surface area (Å²) in [5, 5.41) is 7.50. The van der Waals surface area contributed by atoms with E-state index in [1.54, 1.807) is 18.8 Å². The van der Waals surface area contributed by atoms with E-state index >= 15 is 0 Å². The van der Waals surface area contributed by atoms with Crippen molar-refractivity contribution >= 4 is 0 Å². The Kier molecular flexibility index (Phi) is 4.57. The number of halogens is 2. The van der Waals surface area contributed by atoms with Crippen LogP contribution in [0.15, 0.2) is 18.2 Å². The second-order valence-electron chi connectivity index (χ2n) is 4.97. The molecule has 6 heteroatoms. The van der Waals surface area contributed by atoms with Gasteiger partial charge in [0.25, 0.3) is 0 Å². The summed E-state index contributed by atoms with van der Waals surface area (Å²) >= 11 is 0. The predicted molar refractivity (Wildman–Crippen MR) is 76.1 cm³/mol. The van der Waals surface area contributed by atoms with Crippen molar-refractivity contribution < 1.29 is 13.5 Å². The minimum Gasteiger partial charge on any atom is -0.481 e. The summed E-state index contributed by atoms with van der Waals surface area (Å²) in [6, 6.07) is 3.35. The van der Waals surface area contributed by atoms with Crippen LogP contribution < -0.4 is 10.1 Å². The van der Waals surface area contributed by atoms with Crippen molar-refractivity contribution in [3.8, 4) is 5.88 Å². The molecule has 2 aromatic rings. The first-order valence-corrected chi connectivity index (χ1v) is 6.68. The van der Waals surface area contributed by atoms with Gasteiger partial charge in [0, 0.05) is 31.3 Å². The number of hydrogen-bond acceptors (Lipinski definition) is 3. The molecule has 1 aromatic heterocycles. The molecule has 2 rings (SSSR count). The van der Waals surface area contributed by atoms with Crippen LogP contribution in [0.25, 0.3) is 0 Å². The van der Waals surface area contributed by atoms with Crippen molar-refractivity contribution in [1.82, 2.24) is 15.1 Å². The van der Waals surface area contributed by atoms with Gasteiger partial charge in [-0.15, -0.1) is 0 Å². The van der Waals surface area contributed by atoms with Gasteiger partial charge in [-0.2, -0.15) is 5.10 Å². The average Bonchev–Trinajstić information content (AvgIpc) is 2.69. The molecule has 0 fully saturated rings. The monoisotopic (exact) mass is 295 g/mol. The Balaban J connectivity index is 2.12. The number of nitrogens with zero attached hydrogens (tertiary/aromatic N) is 2. The molecule has 0 aliphatic carbocycles. The molecule has 0 radical (unpaired) electrons. The van der Waals surface area contributed by atoms with Crippen molar-refractivity contribution in [3.05, 3.63) is 46.7 Å². The molecular weight excluding hydrogens is 276 g/mol. The fourth-order valence-electron chi connectivity index (χ4n) is 2.36. The van der Waals surface area contributed by atoms with Crippen LogP contribution in [0.2, 0.25) is 0 Å². The fraction of sp³-hybridized carbons (Fsp3) is 0.400. The van der Waals surface area contributed by atoms with Crippen LogP contribution in [-0.4, -0.2) is 16.9 Å². The van der Waals surface area contributed by atoms with Crippen LogP contribution in [0.1, 0.15) is 29.8 Å². The number of nitrogens with one attached hydrogen (secondary N) is 1. The highest BCUT2D eigenvalue weighted by atomic mass is 19.1. The molecule has 4 nitrogen and oxygen atoms in total. The fourth-order valence-corrected chi connectivity index (χ4v) is 2.36. The Morgan fingerprint density at radius 2 is 2.10 bits per heavy atom. The van der Waals surface area contributed by atoms with Crippen LogP contribution >= 0.6 is 0 Å². The molecule has 114 valence electrons. The molecule has 0 saturated carbocycles. The highest BCUT2D eigenvalue weighted by Crippen LogP contribution is 2.23. The summed E-state index contributed by atoms with van der Waals surface area (Å²) in [4.78, 5) is 0. The molecule has 0 aliphatic heterocycles. The maximum Gasteiger partial charge on any atom is 0.216 e. The summed E-state index contributed by atoms with van der Waals surface area (Å²) in [6.45, 7) is 4.21. The van der Waals surface area contributed by atoms with Gasteiger partial charge in [0.05, 0.1) is 18.4 Å². The van der Waals surface area contributed by atoms with Crippen LogP contribution in [-0.2, 0) is 13.6 Å². The molecule has 0 bridgehead atoms. The summed E-state index contributed by atoms with van der Waals surface area (Å²) in [7, 11) is 3.39. The van der Waals surface area contributed by atoms with Crippen LogP contribution in [0, 0.1) is 18.6 Å². The normalized spacial score (nSPS) is 12.5. The van der Waals surface area contributed by atoms with E-state index in [1.807, 2.05) is 13.8 Å². The third-order valence-corrected chi connectivity index (χ3v) is 3.50. The number of aromatic nitrogens is 2. The molecule has 1 N–H and O–H groups in total. The maximum absolute atomic E-state index is 13.7. The summed E-state index contributed by atoms with van der Waals surface area (Å²) in [6.07, 6.45) is 0. The molecule has 0 aliphatic rings. The minimum atomic E-state index is -0.576. The lowest BCUT2D eigenvalue weighted by Crippen LogP contribution is -2.20. The van der Waals surface area contributed by atoms with Crippen LogP contribution in [0.4, 0.5) is 8.78 Å². The van der Waals surface area contributed by atoms with E-state index in [0.717, 1.165) is 17.3 Å². The average molecular weight is 295 g/mol. The standard InChI is InChI=1S/C15H19F2N3O/c1-9(12-6-5-11(16)7-14(12)17)18-8-13-10(2)19-20(3)15(13)21-4/h5-7,9,18H,8H2,1-4H3. The third-order valence-electron chi connectivity index (χ3n) is 3.50. The molecule has 21 heavy (non-hydrogen) atoms. The van der Waals surface area contributed by atoms with Crippen molar-refractivity contribution in [2.45, 2.75) is 26.4 Å². The largest absolute Gasteiger partial charge is 0.481 e. The van der Waals surface area contributed by atoms with Gasteiger partial charge >= 0.3 is 0 Å². The van der Waals surface area contributed by atoms with E-state index in [1.165, 1.54) is 12.1 Å². The van der Waals surface area contributed by atoms with Gasteiger partial charge in [-0.3, -0.25) is 0 Å². The molecule has 1 atom stereocenters. The number of ether oxygens (including phenoxy) is 1. The van der Waals surface area contributed by atoms with E-state index in [-0.39, 0.29) is 6.04 Å². The van der Waals surface area contributed by atoms with Gasteiger partial charge in [-0.1, -0.05) is 6.07 Å². The highest BCUT2D eigenvalue weighted by molar-refractivity contribution is 5.31. The minimum absolute atomic E-state index is 0.255. The highest BCUT2D eigenvalue weighted by Gasteiger charge is 2.16. The Hall–Kier alpha value is -1.95. The Bertz CT molecular complexity index is 640. The summed E-state index contributed by atoms with van der Waals surface area (Å²) < 4.78 is 33.6. The number of aryl methyl sites for hydroxylation is 2. The number of methoxy groups -OCH3 is 1. The van der Waals surface area contributed by atoms with Gasteiger partial charge in [0.1, 0.15) is 11.6 Å². The van der Waals surface area contributed by atoms with E-state index in [2.05, 4.69) is 10.4 Å². The lowest BCUT2D eigenvalue weighted by molar-refractivity contribution is 0.367. The zero-order valence-corrected chi connectivity index (χ0v) is 12.6. The first-order chi connectivity index (χ1) is 9.93. The second kappa shape index (κ2) is 6.22. The van der Waals surface area contributed by atoms with E-state index in [4.69, 9.17) is 4.74 Å². The molecule has 1 aromatic carbocycles. The van der Waals surface area contributed by atoms with E-state index in [9.17, 15) is 8.78 Å². The number of rotatable bonds is 5. The van der Waals surface area contributed by atoms with Crippen LogP contribution in [0.5, 0.6) is 5.88 Å². The third kappa shape index (κ3) is 3.21. The zero-order chi connectivity index (χ0) is 15.6.